The Bertz CT molecular complexity index is 712. The van der Waals surface area contributed by atoms with Crippen molar-refractivity contribution in [1.29, 1.82) is 0 Å². The van der Waals surface area contributed by atoms with Crippen molar-refractivity contribution in [2.45, 2.75) is 44.3 Å². The summed E-state index contributed by atoms with van der Waals surface area (Å²) in [5, 5.41) is 7.65. The summed E-state index contributed by atoms with van der Waals surface area (Å²) >= 11 is 0. The van der Waals surface area contributed by atoms with Gasteiger partial charge in [-0.15, -0.1) is 0 Å². The zero-order valence-electron chi connectivity index (χ0n) is 14.4. The number of urea groups is 1. The van der Waals surface area contributed by atoms with Crippen LogP contribution in [0.25, 0.3) is 0 Å². The van der Waals surface area contributed by atoms with E-state index >= 15 is 0 Å². The molecule has 8 heteroatoms. The lowest BCUT2D eigenvalue weighted by Crippen LogP contribution is -2.28. The monoisotopic (exact) mass is 367 g/mol. The second-order valence-corrected chi connectivity index (χ2v) is 8.54. The lowest BCUT2D eigenvalue weighted by atomic mass is 10.2. The van der Waals surface area contributed by atoms with Crippen LogP contribution in [-0.2, 0) is 14.6 Å². The molecular formula is C17H25N3O4S. The predicted octanol–water partition coefficient (Wildman–Crippen LogP) is 2.51. The van der Waals surface area contributed by atoms with Crippen LogP contribution in [0.5, 0.6) is 0 Å². The summed E-state index contributed by atoms with van der Waals surface area (Å²) < 4.78 is 24.4. The molecule has 1 aliphatic rings. The number of carbonyl (C=O) groups excluding carboxylic acids is 2. The lowest BCUT2D eigenvalue weighted by Gasteiger charge is -2.11. The second-order valence-electron chi connectivity index (χ2n) is 6.14. The molecule has 0 saturated heterocycles. The van der Waals surface area contributed by atoms with Crippen molar-refractivity contribution < 1.29 is 18.0 Å². The number of rotatable bonds is 7. The number of carbonyl (C=O) groups is 2. The zero-order chi connectivity index (χ0) is 18.3. The van der Waals surface area contributed by atoms with Crippen molar-refractivity contribution in [3.8, 4) is 0 Å². The maximum atomic E-state index is 12.2. The number of benzene rings is 1. The van der Waals surface area contributed by atoms with E-state index in [9.17, 15) is 18.0 Å². The van der Waals surface area contributed by atoms with Gasteiger partial charge in [0.2, 0.25) is 5.91 Å². The molecule has 138 valence electrons. The molecule has 3 N–H and O–H groups in total. The second kappa shape index (κ2) is 8.84. The van der Waals surface area contributed by atoms with Gasteiger partial charge in [0.05, 0.1) is 11.0 Å². The minimum Gasteiger partial charge on any atom is -0.338 e. The minimum atomic E-state index is -3.20. The molecule has 0 unspecified atom stereocenters. The molecule has 25 heavy (non-hydrogen) atoms. The van der Waals surface area contributed by atoms with Crippen LogP contribution in [0.2, 0.25) is 0 Å². The highest BCUT2D eigenvalue weighted by Crippen LogP contribution is 2.25. The van der Waals surface area contributed by atoms with Crippen molar-refractivity contribution in [3.05, 3.63) is 24.3 Å². The van der Waals surface area contributed by atoms with Gasteiger partial charge in [-0.1, -0.05) is 18.9 Å². The topological polar surface area (TPSA) is 104 Å². The first-order chi connectivity index (χ1) is 11.9. The quantitative estimate of drug-likeness (QED) is 0.689. The molecular weight excluding hydrogens is 342 g/mol. The first kappa shape index (κ1) is 19.2. The fourth-order valence-corrected chi connectivity index (χ4v) is 4.74. The summed E-state index contributed by atoms with van der Waals surface area (Å²) in [6, 6.07) is 6.39. The molecule has 0 spiro atoms. The Labute approximate surface area is 148 Å². The fourth-order valence-electron chi connectivity index (χ4n) is 2.88. The molecule has 2 rings (SSSR count). The van der Waals surface area contributed by atoms with Gasteiger partial charge in [-0.05, 0) is 38.0 Å². The molecule has 1 aliphatic carbocycles. The summed E-state index contributed by atoms with van der Waals surface area (Å²) in [7, 11) is -3.20. The molecule has 1 fully saturated rings. The molecule has 0 heterocycles. The third-order valence-electron chi connectivity index (χ3n) is 4.17. The first-order valence-corrected chi connectivity index (χ1v) is 10.3. The Hall–Kier alpha value is -2.09. The Kier molecular flexibility index (Phi) is 6.81. The normalized spacial score (nSPS) is 14.9. The van der Waals surface area contributed by atoms with Crippen LogP contribution < -0.4 is 16.0 Å². The third kappa shape index (κ3) is 6.04. The van der Waals surface area contributed by atoms with Crippen LogP contribution in [-0.4, -0.2) is 37.9 Å². The van der Waals surface area contributed by atoms with E-state index in [-0.39, 0.29) is 29.4 Å². The highest BCUT2D eigenvalue weighted by Gasteiger charge is 2.28. The van der Waals surface area contributed by atoms with Crippen LogP contribution in [0.15, 0.2) is 24.3 Å². The number of amides is 3. The maximum absolute atomic E-state index is 12.2. The van der Waals surface area contributed by atoms with Crippen molar-refractivity contribution in [3.63, 3.8) is 0 Å². The molecule has 1 aromatic rings. The highest BCUT2D eigenvalue weighted by atomic mass is 32.2. The highest BCUT2D eigenvalue weighted by molar-refractivity contribution is 7.92. The Morgan fingerprint density at radius 1 is 1.12 bits per heavy atom. The average Bonchev–Trinajstić information content (AvgIpc) is 3.09. The third-order valence-corrected chi connectivity index (χ3v) is 6.43. The summed E-state index contributed by atoms with van der Waals surface area (Å²) in [5.74, 6) is -0.475. The number of nitrogens with one attached hydrogen (secondary N) is 3. The van der Waals surface area contributed by atoms with Gasteiger partial charge in [-0.2, -0.15) is 0 Å². The minimum absolute atomic E-state index is 0.0627. The zero-order valence-corrected chi connectivity index (χ0v) is 15.2. The molecule has 0 radical (unpaired) electrons. The van der Waals surface area contributed by atoms with Crippen LogP contribution >= 0.6 is 0 Å². The lowest BCUT2D eigenvalue weighted by molar-refractivity contribution is -0.115. The molecule has 7 nitrogen and oxygen atoms in total. The van der Waals surface area contributed by atoms with Gasteiger partial charge < -0.3 is 16.0 Å². The smallest absolute Gasteiger partial charge is 0.319 e. The van der Waals surface area contributed by atoms with E-state index in [4.69, 9.17) is 0 Å². The van der Waals surface area contributed by atoms with E-state index in [0.717, 1.165) is 12.8 Å². The van der Waals surface area contributed by atoms with Gasteiger partial charge in [-0.25, -0.2) is 13.2 Å². The van der Waals surface area contributed by atoms with Gasteiger partial charge >= 0.3 is 6.03 Å². The molecule has 1 saturated carbocycles. The van der Waals surface area contributed by atoms with Gasteiger partial charge in [-0.3, -0.25) is 4.79 Å². The number of anilines is 2. The summed E-state index contributed by atoms with van der Waals surface area (Å²) in [4.78, 5) is 23.5. The first-order valence-electron chi connectivity index (χ1n) is 8.57. The molecule has 0 atom stereocenters. The van der Waals surface area contributed by atoms with Gasteiger partial charge in [0, 0.05) is 24.3 Å². The largest absolute Gasteiger partial charge is 0.338 e. The van der Waals surface area contributed by atoms with Crippen molar-refractivity contribution in [2.24, 2.45) is 0 Å². The van der Waals surface area contributed by atoms with Crippen LogP contribution in [0.4, 0.5) is 16.2 Å². The summed E-state index contributed by atoms with van der Waals surface area (Å²) in [6.45, 7) is 2.33. The Balaban J connectivity index is 1.86. The molecule has 1 aromatic carbocycles. The van der Waals surface area contributed by atoms with Crippen molar-refractivity contribution in [1.82, 2.24) is 5.32 Å². The van der Waals surface area contributed by atoms with Crippen LogP contribution in [0.3, 0.4) is 0 Å². The van der Waals surface area contributed by atoms with Gasteiger partial charge in [0.25, 0.3) is 0 Å². The number of hydrogen-bond donors (Lipinski definition) is 3. The van der Waals surface area contributed by atoms with E-state index in [1.165, 1.54) is 0 Å². The maximum Gasteiger partial charge on any atom is 0.319 e. The predicted molar refractivity (Wildman–Crippen MR) is 98.4 cm³/mol. The Morgan fingerprint density at radius 2 is 1.76 bits per heavy atom. The molecule has 3 amide bonds. The van der Waals surface area contributed by atoms with E-state index in [1.54, 1.807) is 24.3 Å². The van der Waals surface area contributed by atoms with Gasteiger partial charge in [0.15, 0.2) is 9.84 Å². The molecule has 0 bridgehead atoms. The van der Waals surface area contributed by atoms with Crippen LogP contribution in [0.1, 0.15) is 39.0 Å². The van der Waals surface area contributed by atoms with Crippen molar-refractivity contribution in [2.75, 3.05) is 22.9 Å². The molecule has 0 aliphatic heterocycles. The van der Waals surface area contributed by atoms with E-state index < -0.39 is 9.84 Å². The standard InChI is InChI=1S/C17H25N3O4S/c1-2-18-17(22)20-14-7-5-6-13(12-14)19-16(21)10-11-25(23,24)15-8-3-4-9-15/h5-7,12,15H,2-4,8-11H2,1H3,(H,19,21)(H2,18,20,22). The molecule has 0 aromatic heterocycles. The summed E-state index contributed by atoms with van der Waals surface area (Å²) in [6.07, 6.45) is 3.24. The van der Waals surface area contributed by atoms with Crippen molar-refractivity contribution >= 4 is 33.2 Å². The average molecular weight is 367 g/mol. The summed E-state index contributed by atoms with van der Waals surface area (Å²) in [5.41, 5.74) is 1.06. The van der Waals surface area contributed by atoms with E-state index in [1.807, 2.05) is 6.92 Å². The van der Waals surface area contributed by atoms with Gasteiger partial charge in [0.1, 0.15) is 0 Å². The van der Waals surface area contributed by atoms with E-state index in [0.29, 0.717) is 30.8 Å². The SMILES string of the molecule is CCNC(=O)Nc1cccc(NC(=O)CCS(=O)(=O)C2CCCC2)c1. The number of hydrogen-bond acceptors (Lipinski definition) is 4. The number of sulfone groups is 1. The van der Waals surface area contributed by atoms with E-state index in [2.05, 4.69) is 16.0 Å². The Morgan fingerprint density at radius 3 is 2.40 bits per heavy atom. The van der Waals surface area contributed by atoms with Crippen LogP contribution in [0, 0.1) is 0 Å². The fraction of sp³-hybridized carbons (Fsp3) is 0.529.